The Kier molecular flexibility index (Phi) is 6.05. The van der Waals surface area contributed by atoms with Gasteiger partial charge >= 0.3 is 0 Å². The van der Waals surface area contributed by atoms with Crippen molar-refractivity contribution in [1.82, 2.24) is 0 Å². The smallest absolute Gasteiger partial charge is 0.161 e. The lowest BCUT2D eigenvalue weighted by atomic mass is 9.91. The molecular formula is C26H27FO3. The molecule has 0 radical (unpaired) electrons. The first-order valence-corrected chi connectivity index (χ1v) is 10.4. The number of methoxy groups -OCH3 is 2. The molecule has 0 spiro atoms. The van der Waals surface area contributed by atoms with Gasteiger partial charge in [0, 0.05) is 12.2 Å². The Hall–Kier alpha value is -2.85. The predicted molar refractivity (Wildman–Crippen MR) is 118 cm³/mol. The molecule has 156 valence electrons. The molecule has 0 saturated carbocycles. The van der Waals surface area contributed by atoms with Crippen LogP contribution in [0.4, 0.5) is 4.39 Å². The highest BCUT2D eigenvalue weighted by Gasteiger charge is 2.21. The lowest BCUT2D eigenvalue weighted by Gasteiger charge is -2.15. The number of fused-ring (bicyclic) bond motifs is 1. The molecule has 3 aromatic rings. The molecular weight excluding hydrogens is 379 g/mol. The first-order valence-electron chi connectivity index (χ1n) is 10.4. The van der Waals surface area contributed by atoms with Crippen LogP contribution in [0, 0.1) is 5.82 Å². The number of aryl methyl sites for hydroxylation is 1. The van der Waals surface area contributed by atoms with Crippen LogP contribution in [-0.4, -0.2) is 25.9 Å². The molecule has 0 atom stereocenters. The second-order valence-corrected chi connectivity index (χ2v) is 7.67. The molecule has 1 N–H and O–H groups in total. The predicted octanol–water partition coefficient (Wildman–Crippen LogP) is 5.59. The van der Waals surface area contributed by atoms with E-state index in [0.29, 0.717) is 17.1 Å². The summed E-state index contributed by atoms with van der Waals surface area (Å²) in [6.07, 6.45) is 4.76. The van der Waals surface area contributed by atoms with Crippen molar-refractivity contribution in [3.05, 3.63) is 71.0 Å². The Morgan fingerprint density at radius 1 is 0.833 bits per heavy atom. The normalized spacial score (nSPS) is 12.7. The Labute approximate surface area is 177 Å². The molecule has 4 heteroatoms. The highest BCUT2D eigenvalue weighted by molar-refractivity contribution is 5.75. The maximum absolute atomic E-state index is 15.2. The number of aliphatic hydroxyl groups is 1. The first kappa shape index (κ1) is 20.4. The van der Waals surface area contributed by atoms with Gasteiger partial charge in [-0.2, -0.15) is 0 Å². The molecule has 3 nitrogen and oxygen atoms in total. The molecule has 0 aliphatic heterocycles. The summed E-state index contributed by atoms with van der Waals surface area (Å²) in [5.74, 6) is 1.05. The van der Waals surface area contributed by atoms with Crippen molar-refractivity contribution >= 4 is 0 Å². The van der Waals surface area contributed by atoms with Gasteiger partial charge in [-0.1, -0.05) is 30.3 Å². The van der Waals surface area contributed by atoms with Gasteiger partial charge < -0.3 is 14.6 Å². The molecule has 1 aliphatic rings. The Balaban J connectivity index is 1.70. The SMILES string of the molecule is COc1ccc(-c2ccc(-c3ccc(CCCO)c4c3CCC4)c(F)c2)cc1OC. The fourth-order valence-electron chi connectivity index (χ4n) is 4.47. The third-order valence-corrected chi connectivity index (χ3v) is 5.96. The second-order valence-electron chi connectivity index (χ2n) is 7.67. The van der Waals surface area contributed by atoms with E-state index in [1.807, 2.05) is 36.4 Å². The van der Waals surface area contributed by atoms with Gasteiger partial charge in [0.05, 0.1) is 14.2 Å². The molecule has 0 saturated heterocycles. The maximum atomic E-state index is 15.2. The van der Waals surface area contributed by atoms with E-state index in [1.165, 1.54) is 16.7 Å². The molecule has 0 fully saturated rings. The number of hydrogen-bond acceptors (Lipinski definition) is 3. The molecule has 0 heterocycles. The molecule has 4 rings (SSSR count). The molecule has 0 amide bonds. The van der Waals surface area contributed by atoms with Crippen molar-refractivity contribution in [2.75, 3.05) is 20.8 Å². The van der Waals surface area contributed by atoms with Crippen molar-refractivity contribution in [2.45, 2.75) is 32.1 Å². The van der Waals surface area contributed by atoms with Crippen molar-refractivity contribution in [3.63, 3.8) is 0 Å². The van der Waals surface area contributed by atoms with Gasteiger partial charge in [-0.25, -0.2) is 4.39 Å². The Bertz CT molecular complexity index is 1060. The molecule has 0 unspecified atom stereocenters. The molecule has 1 aliphatic carbocycles. The zero-order valence-electron chi connectivity index (χ0n) is 17.5. The summed E-state index contributed by atoms with van der Waals surface area (Å²) in [6.45, 7) is 0.197. The van der Waals surface area contributed by atoms with Gasteiger partial charge in [0.25, 0.3) is 0 Å². The number of ether oxygens (including phenoxy) is 2. The lowest BCUT2D eigenvalue weighted by Crippen LogP contribution is -1.99. The van der Waals surface area contributed by atoms with Crippen LogP contribution in [0.15, 0.2) is 48.5 Å². The van der Waals surface area contributed by atoms with Gasteiger partial charge in [-0.3, -0.25) is 0 Å². The minimum atomic E-state index is -0.223. The largest absolute Gasteiger partial charge is 0.493 e. The van der Waals surface area contributed by atoms with Crippen LogP contribution in [0.5, 0.6) is 11.5 Å². The van der Waals surface area contributed by atoms with E-state index in [0.717, 1.165) is 48.8 Å². The average molecular weight is 406 g/mol. The zero-order valence-corrected chi connectivity index (χ0v) is 17.5. The minimum Gasteiger partial charge on any atom is -0.493 e. The van der Waals surface area contributed by atoms with Crippen LogP contribution in [-0.2, 0) is 19.3 Å². The summed E-state index contributed by atoms with van der Waals surface area (Å²) < 4.78 is 25.9. The summed E-state index contributed by atoms with van der Waals surface area (Å²) in [5.41, 5.74) is 7.23. The maximum Gasteiger partial charge on any atom is 0.161 e. The van der Waals surface area contributed by atoms with Crippen LogP contribution in [0.3, 0.4) is 0 Å². The van der Waals surface area contributed by atoms with E-state index in [1.54, 1.807) is 20.3 Å². The van der Waals surface area contributed by atoms with Crippen LogP contribution in [0.1, 0.15) is 29.5 Å². The number of halogens is 1. The van der Waals surface area contributed by atoms with E-state index < -0.39 is 0 Å². The van der Waals surface area contributed by atoms with E-state index in [9.17, 15) is 0 Å². The third kappa shape index (κ3) is 3.80. The standard InChI is InChI=1S/C26H27FO3/c1-29-25-13-10-19(16-26(25)30-2)18-9-12-23(24(27)15-18)22-11-8-17(5-4-14-28)20-6-3-7-21(20)22/h8-13,15-16,28H,3-7,14H2,1-2H3. The number of hydrogen-bond donors (Lipinski definition) is 1. The monoisotopic (exact) mass is 406 g/mol. The summed E-state index contributed by atoms with van der Waals surface area (Å²) in [5, 5.41) is 9.16. The average Bonchev–Trinajstić information content (AvgIpc) is 3.27. The molecule has 30 heavy (non-hydrogen) atoms. The highest BCUT2D eigenvalue weighted by atomic mass is 19.1. The van der Waals surface area contributed by atoms with Gasteiger partial charge in [0.15, 0.2) is 11.5 Å². The fourth-order valence-corrected chi connectivity index (χ4v) is 4.47. The van der Waals surface area contributed by atoms with Crippen molar-refractivity contribution < 1.29 is 19.0 Å². The van der Waals surface area contributed by atoms with Crippen LogP contribution in [0.2, 0.25) is 0 Å². The quantitative estimate of drug-likeness (QED) is 0.556. The Morgan fingerprint density at radius 2 is 1.53 bits per heavy atom. The lowest BCUT2D eigenvalue weighted by molar-refractivity contribution is 0.288. The molecule has 3 aromatic carbocycles. The van der Waals surface area contributed by atoms with Gasteiger partial charge in [-0.15, -0.1) is 0 Å². The summed E-state index contributed by atoms with van der Waals surface area (Å²) in [7, 11) is 3.19. The van der Waals surface area contributed by atoms with E-state index >= 15 is 4.39 Å². The van der Waals surface area contributed by atoms with Crippen molar-refractivity contribution in [1.29, 1.82) is 0 Å². The number of rotatable bonds is 7. The van der Waals surface area contributed by atoms with Gasteiger partial charge in [-0.05, 0) is 83.7 Å². The van der Waals surface area contributed by atoms with Crippen LogP contribution >= 0.6 is 0 Å². The van der Waals surface area contributed by atoms with Crippen LogP contribution < -0.4 is 9.47 Å². The molecule has 0 aromatic heterocycles. The Morgan fingerprint density at radius 3 is 2.27 bits per heavy atom. The summed E-state index contributed by atoms with van der Waals surface area (Å²) in [6, 6.07) is 15.2. The molecule has 0 bridgehead atoms. The third-order valence-electron chi connectivity index (χ3n) is 5.96. The number of aliphatic hydroxyl groups excluding tert-OH is 1. The second kappa shape index (κ2) is 8.88. The van der Waals surface area contributed by atoms with Gasteiger partial charge in [0.1, 0.15) is 5.82 Å². The zero-order chi connectivity index (χ0) is 21.1. The van der Waals surface area contributed by atoms with Crippen molar-refractivity contribution in [2.24, 2.45) is 0 Å². The minimum absolute atomic E-state index is 0.197. The topological polar surface area (TPSA) is 38.7 Å². The summed E-state index contributed by atoms with van der Waals surface area (Å²) in [4.78, 5) is 0. The van der Waals surface area contributed by atoms with Crippen LogP contribution in [0.25, 0.3) is 22.3 Å². The van der Waals surface area contributed by atoms with E-state index in [2.05, 4.69) is 6.07 Å². The first-order chi connectivity index (χ1) is 14.7. The van der Waals surface area contributed by atoms with Crippen molar-refractivity contribution in [3.8, 4) is 33.8 Å². The number of benzene rings is 3. The van der Waals surface area contributed by atoms with E-state index in [-0.39, 0.29) is 12.4 Å². The summed E-state index contributed by atoms with van der Waals surface area (Å²) >= 11 is 0. The van der Waals surface area contributed by atoms with E-state index in [4.69, 9.17) is 14.6 Å². The highest BCUT2D eigenvalue weighted by Crippen LogP contribution is 2.38. The van der Waals surface area contributed by atoms with Gasteiger partial charge in [0.2, 0.25) is 0 Å². The fraction of sp³-hybridized carbons (Fsp3) is 0.308.